The predicted molar refractivity (Wildman–Crippen MR) is 91.9 cm³/mol. The SMILES string of the molecule is COC(=O)[C@@H]1CC=C(c2ccc3c(C4CCC(=O)NC4=O)noc3c2)C1. The van der Waals surface area contributed by atoms with Crippen LogP contribution in [-0.4, -0.2) is 30.1 Å². The van der Waals surface area contributed by atoms with E-state index in [0.717, 1.165) is 16.5 Å². The van der Waals surface area contributed by atoms with Gasteiger partial charge in [-0.25, -0.2) is 0 Å². The normalized spacial score (nSPS) is 23.0. The zero-order valence-electron chi connectivity index (χ0n) is 14.3. The molecule has 2 aromatic rings. The summed E-state index contributed by atoms with van der Waals surface area (Å²) >= 11 is 0. The van der Waals surface area contributed by atoms with Crippen LogP contribution in [0.1, 0.15) is 42.9 Å². The van der Waals surface area contributed by atoms with E-state index in [1.165, 1.54) is 7.11 Å². The highest BCUT2D eigenvalue weighted by Gasteiger charge is 2.32. The maximum Gasteiger partial charge on any atom is 0.309 e. The van der Waals surface area contributed by atoms with Crippen molar-refractivity contribution in [1.29, 1.82) is 0 Å². The minimum atomic E-state index is -0.478. The van der Waals surface area contributed by atoms with Crippen LogP contribution in [0.15, 0.2) is 28.8 Å². The third-order valence-corrected chi connectivity index (χ3v) is 5.09. The number of nitrogens with one attached hydrogen (secondary N) is 1. The number of aromatic nitrogens is 1. The molecule has 1 aliphatic heterocycles. The van der Waals surface area contributed by atoms with E-state index < -0.39 is 5.92 Å². The number of ether oxygens (including phenoxy) is 1. The molecule has 2 amide bonds. The molecule has 7 nitrogen and oxygen atoms in total. The highest BCUT2D eigenvalue weighted by atomic mass is 16.5. The van der Waals surface area contributed by atoms with E-state index in [9.17, 15) is 14.4 Å². The summed E-state index contributed by atoms with van der Waals surface area (Å²) in [6.07, 6.45) is 4.06. The molecule has 134 valence electrons. The molecule has 26 heavy (non-hydrogen) atoms. The fourth-order valence-electron chi connectivity index (χ4n) is 3.66. The maximum absolute atomic E-state index is 12.1. The second kappa shape index (κ2) is 6.40. The van der Waals surface area contributed by atoms with Crippen molar-refractivity contribution in [3.8, 4) is 0 Å². The van der Waals surface area contributed by atoms with Crippen molar-refractivity contribution in [2.45, 2.75) is 31.6 Å². The Kier molecular flexibility index (Phi) is 4.06. The quantitative estimate of drug-likeness (QED) is 0.671. The number of esters is 1. The highest BCUT2D eigenvalue weighted by molar-refractivity contribution is 6.02. The first kappa shape index (κ1) is 16.5. The van der Waals surface area contributed by atoms with Crippen LogP contribution in [-0.2, 0) is 19.1 Å². The van der Waals surface area contributed by atoms with Crippen molar-refractivity contribution in [1.82, 2.24) is 10.5 Å². The van der Waals surface area contributed by atoms with Crippen molar-refractivity contribution in [2.75, 3.05) is 7.11 Å². The molecule has 2 aliphatic rings. The van der Waals surface area contributed by atoms with Crippen molar-refractivity contribution in [2.24, 2.45) is 5.92 Å². The van der Waals surface area contributed by atoms with Gasteiger partial charge in [0.15, 0.2) is 5.58 Å². The summed E-state index contributed by atoms with van der Waals surface area (Å²) in [5.41, 5.74) is 3.19. The number of piperidine rings is 1. The molecule has 0 radical (unpaired) electrons. The Bertz CT molecular complexity index is 943. The van der Waals surface area contributed by atoms with Crippen molar-refractivity contribution >= 4 is 34.3 Å². The van der Waals surface area contributed by atoms with Gasteiger partial charge >= 0.3 is 5.97 Å². The average molecular weight is 354 g/mol. The molecule has 0 spiro atoms. The van der Waals surface area contributed by atoms with Gasteiger partial charge in [0.25, 0.3) is 0 Å². The lowest BCUT2D eigenvalue weighted by Crippen LogP contribution is -2.39. The summed E-state index contributed by atoms with van der Waals surface area (Å²) in [4.78, 5) is 35.1. The molecule has 1 saturated heterocycles. The molecular formula is C19H18N2O5. The van der Waals surface area contributed by atoms with Gasteiger partial charge in [0.1, 0.15) is 5.69 Å². The first-order valence-electron chi connectivity index (χ1n) is 8.57. The Labute approximate surface area is 149 Å². The van der Waals surface area contributed by atoms with Crippen LogP contribution < -0.4 is 5.32 Å². The number of nitrogens with zero attached hydrogens (tertiary/aromatic N) is 1. The van der Waals surface area contributed by atoms with Gasteiger partial charge in [0, 0.05) is 11.8 Å². The number of benzene rings is 1. The van der Waals surface area contributed by atoms with Crippen LogP contribution in [0, 0.1) is 5.92 Å². The molecule has 1 aromatic heterocycles. The number of carbonyl (C=O) groups excluding carboxylic acids is 3. The van der Waals surface area contributed by atoms with E-state index in [1.54, 1.807) is 0 Å². The highest BCUT2D eigenvalue weighted by Crippen LogP contribution is 2.36. The van der Waals surface area contributed by atoms with Crippen molar-refractivity contribution in [3.05, 3.63) is 35.5 Å². The molecule has 1 aromatic carbocycles. The number of methoxy groups -OCH3 is 1. The number of fused-ring (bicyclic) bond motifs is 1. The van der Waals surface area contributed by atoms with Gasteiger partial charge in [-0.2, -0.15) is 0 Å². The molecule has 1 fully saturated rings. The molecule has 2 atom stereocenters. The summed E-state index contributed by atoms with van der Waals surface area (Å²) in [5.74, 6) is -1.40. The molecule has 1 unspecified atom stereocenters. The average Bonchev–Trinajstić information content (AvgIpc) is 3.28. The Morgan fingerprint density at radius 3 is 2.96 bits per heavy atom. The summed E-state index contributed by atoms with van der Waals surface area (Å²) in [6, 6.07) is 5.70. The molecule has 4 rings (SSSR count). The summed E-state index contributed by atoms with van der Waals surface area (Å²) in [7, 11) is 1.40. The fraction of sp³-hybridized carbons (Fsp3) is 0.368. The van der Waals surface area contributed by atoms with E-state index >= 15 is 0 Å². The second-order valence-electron chi connectivity index (χ2n) is 6.67. The summed E-state index contributed by atoms with van der Waals surface area (Å²) in [5, 5.41) is 7.19. The lowest BCUT2D eigenvalue weighted by molar-refractivity contribution is -0.145. The van der Waals surface area contributed by atoms with E-state index in [0.29, 0.717) is 37.0 Å². The van der Waals surface area contributed by atoms with Crippen molar-refractivity contribution < 1.29 is 23.6 Å². The zero-order valence-corrected chi connectivity index (χ0v) is 14.3. The van der Waals surface area contributed by atoms with E-state index in [1.807, 2.05) is 24.3 Å². The summed E-state index contributed by atoms with van der Waals surface area (Å²) < 4.78 is 10.3. The molecule has 1 aliphatic carbocycles. The van der Waals surface area contributed by atoms with Gasteiger partial charge in [0.2, 0.25) is 11.8 Å². The van der Waals surface area contributed by atoms with Gasteiger partial charge in [0.05, 0.1) is 18.9 Å². The minimum absolute atomic E-state index is 0.139. The van der Waals surface area contributed by atoms with Gasteiger partial charge in [-0.05, 0) is 42.5 Å². The predicted octanol–water partition coefficient (Wildman–Crippen LogP) is 2.31. The number of hydrogen-bond acceptors (Lipinski definition) is 6. The lowest BCUT2D eigenvalue weighted by Gasteiger charge is -2.18. The number of carbonyl (C=O) groups is 3. The molecular weight excluding hydrogens is 336 g/mol. The van der Waals surface area contributed by atoms with Crippen LogP contribution in [0.5, 0.6) is 0 Å². The topological polar surface area (TPSA) is 98.5 Å². The second-order valence-corrected chi connectivity index (χ2v) is 6.67. The number of hydrogen-bond donors (Lipinski definition) is 1. The Morgan fingerprint density at radius 2 is 2.19 bits per heavy atom. The van der Waals surface area contributed by atoms with Crippen LogP contribution >= 0.6 is 0 Å². The Balaban J connectivity index is 1.59. The molecule has 0 bridgehead atoms. The lowest BCUT2D eigenvalue weighted by atomic mass is 9.92. The largest absolute Gasteiger partial charge is 0.469 e. The monoisotopic (exact) mass is 354 g/mol. The van der Waals surface area contributed by atoms with Crippen LogP contribution in [0.2, 0.25) is 0 Å². The van der Waals surface area contributed by atoms with E-state index in [2.05, 4.69) is 10.5 Å². The number of rotatable bonds is 3. The summed E-state index contributed by atoms with van der Waals surface area (Å²) in [6.45, 7) is 0. The van der Waals surface area contributed by atoms with Gasteiger partial charge in [-0.15, -0.1) is 0 Å². The third kappa shape index (κ3) is 2.79. The standard InChI is InChI=1S/C19H18N2O5/c1-25-19(24)12-3-2-10(8-12)11-4-5-13-15(9-11)26-21-17(13)14-6-7-16(22)20-18(14)23/h2,4-5,9,12,14H,3,6-8H2,1H3,(H,20,22,23)/t12-,14?/m1/s1. The smallest absolute Gasteiger partial charge is 0.309 e. The Hall–Kier alpha value is -2.96. The van der Waals surface area contributed by atoms with Gasteiger partial charge in [-0.3, -0.25) is 19.7 Å². The molecule has 7 heteroatoms. The van der Waals surface area contributed by atoms with Gasteiger partial charge in [-0.1, -0.05) is 17.3 Å². The third-order valence-electron chi connectivity index (χ3n) is 5.09. The molecule has 2 heterocycles. The zero-order chi connectivity index (χ0) is 18.3. The van der Waals surface area contributed by atoms with Crippen LogP contribution in [0.4, 0.5) is 0 Å². The maximum atomic E-state index is 12.1. The first-order chi connectivity index (χ1) is 12.6. The Morgan fingerprint density at radius 1 is 1.35 bits per heavy atom. The van der Waals surface area contributed by atoms with Crippen molar-refractivity contribution in [3.63, 3.8) is 0 Å². The number of amides is 2. The molecule has 0 saturated carbocycles. The number of allylic oxidation sites excluding steroid dienone is 2. The van der Waals surface area contributed by atoms with Crippen LogP contribution in [0.3, 0.4) is 0 Å². The van der Waals surface area contributed by atoms with Gasteiger partial charge < -0.3 is 9.26 Å². The van der Waals surface area contributed by atoms with E-state index in [4.69, 9.17) is 9.26 Å². The minimum Gasteiger partial charge on any atom is -0.469 e. The first-order valence-corrected chi connectivity index (χ1v) is 8.57. The number of imide groups is 1. The molecule has 1 N–H and O–H groups in total. The fourth-order valence-corrected chi connectivity index (χ4v) is 3.66. The van der Waals surface area contributed by atoms with Crippen LogP contribution in [0.25, 0.3) is 16.5 Å². The van der Waals surface area contributed by atoms with E-state index in [-0.39, 0.29) is 23.7 Å².